The molecule has 2 aromatic carbocycles. The van der Waals surface area contributed by atoms with Gasteiger partial charge in [-0.05, 0) is 85.2 Å². The molecule has 2 fully saturated rings. The Balaban J connectivity index is 1.19. The van der Waals surface area contributed by atoms with Gasteiger partial charge in [0.25, 0.3) is 0 Å². The third-order valence-corrected chi connectivity index (χ3v) is 6.90. The highest BCUT2D eigenvalue weighted by molar-refractivity contribution is 6.30. The molecule has 1 amide bonds. The Labute approximate surface area is 180 Å². The molecule has 1 N–H and O–H groups in total. The molecule has 3 aromatic rings. The number of nitrogens with one attached hydrogen (secondary N) is 1. The zero-order valence-corrected chi connectivity index (χ0v) is 17.5. The standard InChI is InChI=1S/C24H23ClFN3O/c1-15(23(30)28-19-5-2-17(25)3-6-19)29-13-24(14-29)11-16(12-24)20-8-9-27-22-7-4-18(26)10-21(20)22/h2-10,15-16H,11-14H2,1H3,(H,28,30). The summed E-state index contributed by atoms with van der Waals surface area (Å²) in [6.45, 7) is 3.81. The van der Waals surface area contributed by atoms with Crippen LogP contribution in [0, 0.1) is 11.2 Å². The van der Waals surface area contributed by atoms with Crippen molar-refractivity contribution in [3.63, 3.8) is 0 Å². The zero-order valence-electron chi connectivity index (χ0n) is 16.7. The number of hydrogen-bond acceptors (Lipinski definition) is 3. The van der Waals surface area contributed by atoms with Crippen LogP contribution in [-0.4, -0.2) is 34.9 Å². The summed E-state index contributed by atoms with van der Waals surface area (Å²) in [7, 11) is 0. The number of benzene rings is 2. The van der Waals surface area contributed by atoms with Gasteiger partial charge in [0.2, 0.25) is 5.91 Å². The van der Waals surface area contributed by atoms with E-state index in [-0.39, 0.29) is 23.2 Å². The molecule has 30 heavy (non-hydrogen) atoms. The third kappa shape index (κ3) is 3.46. The third-order valence-electron chi connectivity index (χ3n) is 6.65. The Kier molecular flexibility index (Phi) is 4.75. The summed E-state index contributed by atoms with van der Waals surface area (Å²) in [5, 5.41) is 4.53. The SMILES string of the molecule is CC(C(=O)Nc1ccc(Cl)cc1)N1CC2(CC(c3ccnc4ccc(F)cc34)C2)C1. The number of anilines is 1. The van der Waals surface area contributed by atoms with Crippen LogP contribution in [0.3, 0.4) is 0 Å². The molecule has 1 saturated carbocycles. The van der Waals surface area contributed by atoms with E-state index in [1.54, 1.807) is 24.3 Å². The van der Waals surface area contributed by atoms with Crippen LogP contribution in [0.4, 0.5) is 10.1 Å². The van der Waals surface area contributed by atoms with Crippen LogP contribution >= 0.6 is 11.6 Å². The number of likely N-dealkylation sites (tertiary alicyclic amines) is 1. The maximum absolute atomic E-state index is 13.7. The van der Waals surface area contributed by atoms with Crippen LogP contribution in [0.2, 0.25) is 5.02 Å². The van der Waals surface area contributed by atoms with Crippen molar-refractivity contribution in [1.29, 1.82) is 0 Å². The number of fused-ring (bicyclic) bond motifs is 1. The van der Waals surface area contributed by atoms with Crippen LogP contribution in [0.25, 0.3) is 10.9 Å². The fraction of sp³-hybridized carbons (Fsp3) is 0.333. The highest BCUT2D eigenvalue weighted by atomic mass is 35.5. The van der Waals surface area contributed by atoms with Crippen LogP contribution in [0.5, 0.6) is 0 Å². The maximum atomic E-state index is 13.7. The predicted molar refractivity (Wildman–Crippen MR) is 117 cm³/mol. The van der Waals surface area contributed by atoms with Crippen molar-refractivity contribution in [2.75, 3.05) is 18.4 Å². The molecule has 1 saturated heterocycles. The number of amides is 1. The number of aromatic nitrogens is 1. The lowest BCUT2D eigenvalue weighted by Gasteiger charge is -2.60. The van der Waals surface area contributed by atoms with Gasteiger partial charge in [-0.2, -0.15) is 0 Å². The molecule has 6 heteroatoms. The first-order valence-electron chi connectivity index (χ1n) is 10.3. The second-order valence-corrected chi connectivity index (χ2v) is 9.18. The van der Waals surface area contributed by atoms with Crippen LogP contribution in [-0.2, 0) is 4.79 Å². The average Bonchev–Trinajstić information content (AvgIpc) is 2.67. The first-order valence-corrected chi connectivity index (χ1v) is 10.6. The van der Waals surface area contributed by atoms with Gasteiger partial charge in [-0.15, -0.1) is 0 Å². The van der Waals surface area contributed by atoms with E-state index >= 15 is 0 Å². The van der Waals surface area contributed by atoms with Crippen LogP contribution < -0.4 is 5.32 Å². The summed E-state index contributed by atoms with van der Waals surface area (Å²) < 4.78 is 13.7. The molecule has 1 atom stereocenters. The molecule has 5 rings (SSSR count). The molecule has 1 spiro atoms. The molecule has 1 unspecified atom stereocenters. The topological polar surface area (TPSA) is 45.2 Å². The number of hydrogen-bond donors (Lipinski definition) is 1. The van der Waals surface area contributed by atoms with Crippen molar-refractivity contribution < 1.29 is 9.18 Å². The largest absolute Gasteiger partial charge is 0.325 e. The smallest absolute Gasteiger partial charge is 0.241 e. The Bertz CT molecular complexity index is 1100. The highest BCUT2D eigenvalue weighted by Gasteiger charge is 2.54. The van der Waals surface area contributed by atoms with Gasteiger partial charge in [0, 0.05) is 35.4 Å². The summed E-state index contributed by atoms with van der Waals surface area (Å²) in [5.41, 5.74) is 3.07. The maximum Gasteiger partial charge on any atom is 0.241 e. The van der Waals surface area contributed by atoms with Crippen molar-refractivity contribution in [2.45, 2.75) is 31.7 Å². The van der Waals surface area contributed by atoms with Crippen LogP contribution in [0.15, 0.2) is 54.7 Å². The summed E-state index contributed by atoms with van der Waals surface area (Å²) in [5.74, 6) is 0.206. The lowest BCUT2D eigenvalue weighted by Crippen LogP contribution is -2.65. The van der Waals surface area contributed by atoms with Gasteiger partial charge >= 0.3 is 0 Å². The number of pyridine rings is 1. The van der Waals surface area contributed by atoms with Gasteiger partial charge in [0.05, 0.1) is 11.6 Å². The van der Waals surface area contributed by atoms with Gasteiger partial charge in [-0.1, -0.05) is 11.6 Å². The lowest BCUT2D eigenvalue weighted by atomic mass is 9.55. The average molecular weight is 424 g/mol. The van der Waals surface area contributed by atoms with E-state index in [0.717, 1.165) is 42.5 Å². The molecular weight excluding hydrogens is 401 g/mol. The molecular formula is C24H23ClFN3O. The lowest BCUT2D eigenvalue weighted by molar-refractivity contribution is -0.133. The van der Waals surface area contributed by atoms with Crippen molar-refractivity contribution in [1.82, 2.24) is 9.88 Å². The Hall–Kier alpha value is -2.50. The number of rotatable bonds is 4. The molecule has 1 aliphatic carbocycles. The summed E-state index contributed by atoms with van der Waals surface area (Å²) in [6, 6.07) is 13.8. The Morgan fingerprint density at radius 1 is 1.20 bits per heavy atom. The van der Waals surface area contributed by atoms with Crippen molar-refractivity contribution >= 4 is 34.1 Å². The highest BCUT2D eigenvalue weighted by Crippen LogP contribution is 2.57. The predicted octanol–water partition coefficient (Wildman–Crippen LogP) is 5.23. The van der Waals surface area contributed by atoms with E-state index in [1.807, 2.05) is 31.3 Å². The Morgan fingerprint density at radius 2 is 1.93 bits per heavy atom. The summed E-state index contributed by atoms with van der Waals surface area (Å²) >= 11 is 5.90. The van der Waals surface area contributed by atoms with E-state index in [2.05, 4.69) is 15.2 Å². The second kappa shape index (κ2) is 7.33. The van der Waals surface area contributed by atoms with E-state index in [1.165, 1.54) is 11.6 Å². The molecule has 1 aromatic heterocycles. The van der Waals surface area contributed by atoms with E-state index in [4.69, 9.17) is 11.6 Å². The number of nitrogens with zero attached hydrogens (tertiary/aromatic N) is 2. The quantitative estimate of drug-likeness (QED) is 0.624. The van der Waals surface area contributed by atoms with Crippen molar-refractivity contribution in [3.05, 3.63) is 71.1 Å². The minimum absolute atomic E-state index is 0.00125. The van der Waals surface area contributed by atoms with E-state index in [0.29, 0.717) is 10.9 Å². The van der Waals surface area contributed by atoms with Gasteiger partial charge in [0.1, 0.15) is 5.82 Å². The van der Waals surface area contributed by atoms with E-state index in [9.17, 15) is 9.18 Å². The van der Waals surface area contributed by atoms with Crippen molar-refractivity contribution in [2.24, 2.45) is 5.41 Å². The number of carbonyl (C=O) groups is 1. The molecule has 4 nitrogen and oxygen atoms in total. The minimum atomic E-state index is -0.221. The molecule has 0 bridgehead atoms. The monoisotopic (exact) mass is 423 g/mol. The van der Waals surface area contributed by atoms with Gasteiger partial charge in [0.15, 0.2) is 0 Å². The minimum Gasteiger partial charge on any atom is -0.325 e. The number of carbonyl (C=O) groups excluding carboxylic acids is 1. The first kappa shape index (κ1) is 19.5. The van der Waals surface area contributed by atoms with Gasteiger partial charge in [-0.3, -0.25) is 14.7 Å². The molecule has 2 aliphatic rings. The van der Waals surface area contributed by atoms with Crippen LogP contribution in [0.1, 0.15) is 31.2 Å². The van der Waals surface area contributed by atoms with Gasteiger partial charge in [-0.25, -0.2) is 4.39 Å². The zero-order chi connectivity index (χ0) is 20.9. The fourth-order valence-corrected chi connectivity index (χ4v) is 5.12. The Morgan fingerprint density at radius 3 is 2.67 bits per heavy atom. The second-order valence-electron chi connectivity index (χ2n) is 8.74. The van der Waals surface area contributed by atoms with Gasteiger partial charge < -0.3 is 5.32 Å². The summed E-state index contributed by atoms with van der Waals surface area (Å²) in [6.07, 6.45) is 3.96. The van der Waals surface area contributed by atoms with E-state index < -0.39 is 0 Å². The molecule has 2 heterocycles. The molecule has 1 aliphatic heterocycles. The van der Waals surface area contributed by atoms with Crippen molar-refractivity contribution in [3.8, 4) is 0 Å². The summed E-state index contributed by atoms with van der Waals surface area (Å²) in [4.78, 5) is 19.2. The first-order chi connectivity index (χ1) is 14.4. The number of halogens is 2. The fourth-order valence-electron chi connectivity index (χ4n) is 4.99. The normalized spacial score (nSPS) is 19.3. The molecule has 0 radical (unpaired) electrons. The molecule has 154 valence electrons.